The van der Waals surface area contributed by atoms with Gasteiger partial charge in [-0.25, -0.2) is 13.2 Å². The van der Waals surface area contributed by atoms with E-state index in [1.165, 1.54) is 32.5 Å². The average molecular weight is 297 g/mol. The van der Waals surface area contributed by atoms with E-state index in [2.05, 4.69) is 4.74 Å². The minimum atomic E-state index is -4.64. The van der Waals surface area contributed by atoms with E-state index in [-0.39, 0.29) is 6.42 Å². The highest BCUT2D eigenvalue weighted by molar-refractivity contribution is 8.18. The van der Waals surface area contributed by atoms with Crippen LogP contribution in [0.25, 0.3) is 0 Å². The van der Waals surface area contributed by atoms with Crippen LogP contribution in [-0.4, -0.2) is 42.5 Å². The molecule has 0 aliphatic heterocycles. The van der Waals surface area contributed by atoms with Gasteiger partial charge in [0.2, 0.25) is 0 Å². The van der Waals surface area contributed by atoms with Crippen molar-refractivity contribution >= 4 is 32.0 Å². The maximum absolute atomic E-state index is 11.6. The molecule has 106 valence electrons. The molecule has 0 saturated heterocycles. The molecule has 8 heteroatoms. The average Bonchev–Trinajstić information content (AvgIpc) is 2.22. The molecule has 0 aromatic carbocycles. The number of ether oxygens (including phenoxy) is 1. The Morgan fingerprint density at radius 2 is 1.83 bits per heavy atom. The van der Waals surface area contributed by atoms with Crippen molar-refractivity contribution in [2.45, 2.75) is 38.8 Å². The number of hydrogen-bond donors (Lipinski definition) is 1. The molecule has 0 bridgehead atoms. The molecule has 18 heavy (non-hydrogen) atoms. The molecule has 0 unspecified atom stereocenters. The SMILES string of the molecule is CSCC[C@H](N)C(=O)S(=O)(=O)C(=O)OC(C)(C)C. The molecule has 0 saturated carbocycles. The summed E-state index contributed by atoms with van der Waals surface area (Å²) in [5.74, 6) is 0.538. The fourth-order valence-corrected chi connectivity index (χ4v) is 2.48. The second-order valence-corrected chi connectivity index (χ2v) is 7.40. The van der Waals surface area contributed by atoms with Gasteiger partial charge < -0.3 is 10.5 Å². The molecule has 0 rings (SSSR count). The molecule has 0 fully saturated rings. The maximum Gasteiger partial charge on any atom is 0.433 e. The number of hydrogen-bond acceptors (Lipinski definition) is 7. The molecule has 0 aliphatic carbocycles. The van der Waals surface area contributed by atoms with E-state index in [1.807, 2.05) is 0 Å². The topological polar surface area (TPSA) is 104 Å². The Morgan fingerprint density at radius 3 is 2.22 bits per heavy atom. The van der Waals surface area contributed by atoms with E-state index in [9.17, 15) is 18.0 Å². The van der Waals surface area contributed by atoms with E-state index in [1.54, 1.807) is 6.26 Å². The molecule has 0 aromatic heterocycles. The molecule has 0 radical (unpaired) electrons. The zero-order valence-electron chi connectivity index (χ0n) is 10.9. The van der Waals surface area contributed by atoms with Crippen molar-refractivity contribution in [3.63, 3.8) is 0 Å². The molecular formula is C10H19NO5S2. The number of rotatable bonds is 4. The first kappa shape index (κ1) is 17.4. The lowest BCUT2D eigenvalue weighted by atomic mass is 10.2. The van der Waals surface area contributed by atoms with Gasteiger partial charge in [0.15, 0.2) is 0 Å². The monoisotopic (exact) mass is 297 g/mol. The first-order valence-corrected chi connectivity index (χ1v) is 8.16. The second-order valence-electron chi connectivity index (χ2n) is 4.67. The zero-order chi connectivity index (χ0) is 14.6. The van der Waals surface area contributed by atoms with Gasteiger partial charge in [-0.2, -0.15) is 11.8 Å². The molecule has 0 spiro atoms. The van der Waals surface area contributed by atoms with Crippen LogP contribution >= 0.6 is 11.8 Å². The summed E-state index contributed by atoms with van der Waals surface area (Å²) in [5.41, 5.74) is 4.46. The van der Waals surface area contributed by atoms with E-state index in [0.717, 1.165) is 0 Å². The van der Waals surface area contributed by atoms with Gasteiger partial charge in [-0.1, -0.05) is 0 Å². The van der Waals surface area contributed by atoms with Crippen LogP contribution in [0.2, 0.25) is 0 Å². The largest absolute Gasteiger partial charge is 0.448 e. The minimum Gasteiger partial charge on any atom is -0.448 e. The van der Waals surface area contributed by atoms with Crippen LogP contribution in [0.1, 0.15) is 27.2 Å². The van der Waals surface area contributed by atoms with Crippen molar-refractivity contribution in [1.82, 2.24) is 0 Å². The zero-order valence-corrected chi connectivity index (χ0v) is 12.6. The number of thioether (sulfide) groups is 1. The van der Waals surface area contributed by atoms with Crippen molar-refractivity contribution in [2.75, 3.05) is 12.0 Å². The maximum atomic E-state index is 11.6. The Hall–Kier alpha value is -0.600. The standard InChI is InChI=1S/C10H19NO5S2/c1-10(2,3)16-9(13)18(14,15)8(12)7(11)5-6-17-4/h7H,5-6,11H2,1-4H3/t7-/m0/s1. The van der Waals surface area contributed by atoms with Crippen molar-refractivity contribution < 1.29 is 22.7 Å². The lowest BCUT2D eigenvalue weighted by molar-refractivity contribution is -0.112. The van der Waals surface area contributed by atoms with Crippen LogP contribution in [0, 0.1) is 0 Å². The van der Waals surface area contributed by atoms with E-state index in [4.69, 9.17) is 5.73 Å². The van der Waals surface area contributed by atoms with E-state index < -0.39 is 31.9 Å². The van der Waals surface area contributed by atoms with Crippen LogP contribution < -0.4 is 5.73 Å². The Balaban J connectivity index is 4.83. The van der Waals surface area contributed by atoms with Crippen molar-refractivity contribution in [2.24, 2.45) is 5.73 Å². The predicted octanol–water partition coefficient (Wildman–Crippen LogP) is 0.943. The minimum absolute atomic E-state index is 0.196. The summed E-state index contributed by atoms with van der Waals surface area (Å²) in [6, 6.07) is -1.20. The summed E-state index contributed by atoms with van der Waals surface area (Å²) in [6.45, 7) is 4.54. The lowest BCUT2D eigenvalue weighted by Crippen LogP contribution is -2.41. The Kier molecular flexibility index (Phi) is 6.32. The molecule has 2 N–H and O–H groups in total. The number of nitrogens with two attached hydrogens (primary N) is 1. The number of carbonyl (C=O) groups excluding carboxylic acids is 2. The van der Waals surface area contributed by atoms with Gasteiger partial charge >= 0.3 is 15.1 Å². The van der Waals surface area contributed by atoms with Crippen LogP contribution in [0.3, 0.4) is 0 Å². The van der Waals surface area contributed by atoms with Crippen LogP contribution in [0.4, 0.5) is 4.79 Å². The molecule has 0 aromatic rings. The van der Waals surface area contributed by atoms with E-state index >= 15 is 0 Å². The highest BCUT2D eigenvalue weighted by atomic mass is 32.2. The van der Waals surface area contributed by atoms with Crippen LogP contribution in [0.15, 0.2) is 0 Å². The van der Waals surface area contributed by atoms with Gasteiger partial charge in [0.25, 0.3) is 5.12 Å². The van der Waals surface area contributed by atoms with Crippen molar-refractivity contribution in [3.05, 3.63) is 0 Å². The van der Waals surface area contributed by atoms with Gasteiger partial charge in [-0.15, -0.1) is 0 Å². The van der Waals surface area contributed by atoms with Crippen molar-refractivity contribution in [1.29, 1.82) is 0 Å². The Labute approximate surface area is 112 Å². The highest BCUT2D eigenvalue weighted by Crippen LogP contribution is 2.13. The van der Waals surface area contributed by atoms with Crippen LogP contribution in [-0.2, 0) is 19.4 Å². The van der Waals surface area contributed by atoms with E-state index in [0.29, 0.717) is 5.75 Å². The quantitative estimate of drug-likeness (QED) is 0.770. The molecular weight excluding hydrogens is 278 g/mol. The summed E-state index contributed by atoms with van der Waals surface area (Å²) in [5, 5.41) is -2.83. The predicted molar refractivity (Wildman–Crippen MR) is 71.1 cm³/mol. The van der Waals surface area contributed by atoms with Crippen molar-refractivity contribution in [3.8, 4) is 0 Å². The molecule has 0 amide bonds. The third kappa shape index (κ3) is 5.36. The molecule has 0 aliphatic rings. The Morgan fingerprint density at radius 1 is 1.33 bits per heavy atom. The first-order chi connectivity index (χ1) is 8.02. The van der Waals surface area contributed by atoms with Gasteiger partial charge in [0.1, 0.15) is 5.60 Å². The summed E-state index contributed by atoms with van der Waals surface area (Å²) < 4.78 is 27.9. The van der Waals surface area contributed by atoms with Crippen LogP contribution in [0.5, 0.6) is 0 Å². The van der Waals surface area contributed by atoms with Gasteiger partial charge in [-0.3, -0.25) is 4.79 Å². The molecule has 6 nitrogen and oxygen atoms in total. The third-order valence-corrected chi connectivity index (χ3v) is 3.81. The highest BCUT2D eigenvalue weighted by Gasteiger charge is 2.38. The molecule has 0 heterocycles. The summed E-state index contributed by atoms with van der Waals surface area (Å²) in [4.78, 5) is 23.0. The first-order valence-electron chi connectivity index (χ1n) is 5.29. The Bertz CT molecular complexity index is 410. The molecule has 1 atom stereocenters. The number of carbonyl (C=O) groups is 2. The number of sulfone groups is 1. The third-order valence-electron chi connectivity index (χ3n) is 1.81. The normalized spacial score (nSPS) is 14.1. The van der Waals surface area contributed by atoms with Gasteiger partial charge in [0.05, 0.1) is 6.04 Å². The fourth-order valence-electron chi connectivity index (χ4n) is 0.949. The smallest absolute Gasteiger partial charge is 0.433 e. The van der Waals surface area contributed by atoms with Gasteiger partial charge in [0, 0.05) is 0 Å². The summed E-state index contributed by atoms with van der Waals surface area (Å²) in [7, 11) is -4.64. The lowest BCUT2D eigenvalue weighted by Gasteiger charge is -2.19. The fraction of sp³-hybridized carbons (Fsp3) is 0.800. The summed E-state index contributed by atoms with van der Waals surface area (Å²) >= 11 is 1.43. The van der Waals surface area contributed by atoms with Gasteiger partial charge in [-0.05, 0) is 39.2 Å². The second kappa shape index (κ2) is 6.53. The summed E-state index contributed by atoms with van der Waals surface area (Å²) in [6.07, 6.45) is 2.00.